The predicted octanol–water partition coefficient (Wildman–Crippen LogP) is -3.66. The lowest BCUT2D eigenvalue weighted by Crippen LogP contribution is -2.43. The molecule has 0 saturated carbocycles. The minimum absolute atomic E-state index is 0.0537. The number of ether oxygens (including phenoxy) is 2. The van der Waals surface area contributed by atoms with E-state index < -0.39 is 72.7 Å². The van der Waals surface area contributed by atoms with Crippen molar-refractivity contribution in [2.75, 3.05) is 18.9 Å². The third-order valence-electron chi connectivity index (χ3n) is 5.76. The standard InChI is InChI=1S/C10H13N5O5.C9H13N3O5/c1-5-3-15(9(19)12-8(5)18)10(13-14-11)2-6(17)7(4-16)20-10;10-5-1-2-12(9(16)11-5)8-7(15)6(14)4(3-13)17-8/h3,6-7,16-17H,2,4H2,1H3,(H,12,18,19);1-2,4,6-8,13-15H,3H2,(H2,10,11,16)/t6-,7+,10-;4-,6-,7-,8-/m01/s1. The lowest BCUT2D eigenvalue weighted by molar-refractivity contribution is -0.115. The second-order valence-electron chi connectivity index (χ2n) is 8.26. The highest BCUT2D eigenvalue weighted by Gasteiger charge is 2.48. The van der Waals surface area contributed by atoms with Gasteiger partial charge in [-0.15, -0.1) is 0 Å². The van der Waals surface area contributed by atoms with Crippen LogP contribution in [-0.2, 0) is 15.3 Å². The van der Waals surface area contributed by atoms with Crippen LogP contribution in [0.15, 0.2) is 38.0 Å². The fraction of sp³-hybridized carbons (Fsp3) is 0.579. The summed E-state index contributed by atoms with van der Waals surface area (Å²) in [7, 11) is 0. The van der Waals surface area contributed by atoms with E-state index in [2.05, 4.69) is 20.0 Å². The molecule has 0 amide bonds. The Morgan fingerprint density at radius 1 is 1.24 bits per heavy atom. The van der Waals surface area contributed by atoms with Crippen molar-refractivity contribution in [1.82, 2.24) is 19.1 Å². The van der Waals surface area contributed by atoms with E-state index >= 15 is 0 Å². The molecule has 0 radical (unpaired) electrons. The van der Waals surface area contributed by atoms with E-state index in [4.69, 9.17) is 31.0 Å². The molecule has 202 valence electrons. The molecule has 2 aliphatic rings. The Morgan fingerprint density at radius 3 is 2.46 bits per heavy atom. The van der Waals surface area contributed by atoms with Gasteiger partial charge in [0.1, 0.15) is 30.2 Å². The molecule has 0 aliphatic carbocycles. The SMILES string of the molecule is Cc1cn([C@@]2(N=[N+]=[N-])C[C@H](O)[C@@H](CO)O2)c(=O)[nH]c1=O.Nc1ccn([C@@H]2O[C@H](CO)[C@@H](O)[C@H]2O)c(=O)n1. The number of nitrogens with one attached hydrogen (secondary N) is 1. The topological polar surface area (TPSA) is 284 Å². The Morgan fingerprint density at radius 2 is 1.92 bits per heavy atom. The highest BCUT2D eigenvalue weighted by atomic mass is 16.6. The van der Waals surface area contributed by atoms with Crippen LogP contribution in [0.2, 0.25) is 0 Å². The molecule has 0 bridgehead atoms. The maximum Gasteiger partial charge on any atom is 0.351 e. The van der Waals surface area contributed by atoms with Gasteiger partial charge in [-0.05, 0) is 23.6 Å². The summed E-state index contributed by atoms with van der Waals surface area (Å²) in [6.07, 6.45) is -4.39. The fourth-order valence-electron chi connectivity index (χ4n) is 3.83. The van der Waals surface area contributed by atoms with Crippen LogP contribution < -0.4 is 22.7 Å². The second-order valence-corrected chi connectivity index (χ2v) is 8.26. The van der Waals surface area contributed by atoms with Crippen molar-refractivity contribution in [2.45, 2.75) is 55.9 Å². The molecule has 37 heavy (non-hydrogen) atoms. The van der Waals surface area contributed by atoms with Crippen molar-refractivity contribution < 1.29 is 35.0 Å². The number of hydrogen-bond acceptors (Lipinski definition) is 13. The molecular weight excluding hydrogens is 500 g/mol. The van der Waals surface area contributed by atoms with E-state index in [1.807, 2.05) is 0 Å². The van der Waals surface area contributed by atoms with Crippen molar-refractivity contribution in [3.63, 3.8) is 0 Å². The third-order valence-corrected chi connectivity index (χ3v) is 5.76. The minimum Gasteiger partial charge on any atom is -0.394 e. The Labute approximate surface area is 206 Å². The first-order valence-electron chi connectivity index (χ1n) is 10.8. The number of aromatic amines is 1. The number of rotatable bonds is 5. The Hall–Kier alpha value is -3.61. The molecule has 8 N–H and O–H groups in total. The lowest BCUT2D eigenvalue weighted by atomic mass is 10.1. The lowest BCUT2D eigenvalue weighted by Gasteiger charge is -2.25. The van der Waals surface area contributed by atoms with E-state index in [9.17, 15) is 29.7 Å². The minimum atomic E-state index is -1.81. The van der Waals surface area contributed by atoms with Gasteiger partial charge in [-0.25, -0.2) is 9.59 Å². The van der Waals surface area contributed by atoms with E-state index in [-0.39, 0.29) is 17.8 Å². The van der Waals surface area contributed by atoms with E-state index in [0.717, 1.165) is 9.13 Å². The number of azide groups is 1. The molecule has 18 nitrogen and oxygen atoms in total. The maximum absolute atomic E-state index is 11.9. The van der Waals surface area contributed by atoms with Crippen LogP contribution >= 0.6 is 0 Å². The molecule has 0 aromatic carbocycles. The summed E-state index contributed by atoms with van der Waals surface area (Å²) >= 11 is 0. The summed E-state index contributed by atoms with van der Waals surface area (Å²) in [5, 5.41) is 50.4. The van der Waals surface area contributed by atoms with Crippen LogP contribution in [0.3, 0.4) is 0 Å². The van der Waals surface area contributed by atoms with Crippen LogP contribution in [0.4, 0.5) is 5.82 Å². The number of nitrogens with zero attached hydrogens (tertiary/aromatic N) is 6. The van der Waals surface area contributed by atoms with Gasteiger partial charge in [0.15, 0.2) is 6.23 Å². The van der Waals surface area contributed by atoms with Gasteiger partial charge in [0.2, 0.25) is 5.85 Å². The highest BCUT2D eigenvalue weighted by molar-refractivity contribution is 5.23. The predicted molar refractivity (Wildman–Crippen MR) is 122 cm³/mol. The summed E-state index contributed by atoms with van der Waals surface area (Å²) in [5.74, 6) is -1.76. The van der Waals surface area contributed by atoms with Crippen molar-refractivity contribution >= 4 is 5.82 Å². The zero-order chi connectivity index (χ0) is 27.5. The smallest absolute Gasteiger partial charge is 0.351 e. The van der Waals surface area contributed by atoms with Crippen LogP contribution in [0.5, 0.6) is 0 Å². The number of aryl methyl sites for hydroxylation is 1. The number of anilines is 1. The summed E-state index contributed by atoms with van der Waals surface area (Å²) in [4.78, 5) is 42.9. The van der Waals surface area contributed by atoms with E-state index in [0.29, 0.717) is 0 Å². The zero-order valence-electron chi connectivity index (χ0n) is 19.4. The zero-order valence-corrected chi connectivity index (χ0v) is 19.4. The number of hydrogen-bond donors (Lipinski definition) is 7. The largest absolute Gasteiger partial charge is 0.394 e. The first kappa shape index (κ1) is 28.0. The van der Waals surface area contributed by atoms with Crippen LogP contribution in [-0.4, -0.2) is 88.4 Å². The van der Waals surface area contributed by atoms with Crippen molar-refractivity contribution in [3.8, 4) is 0 Å². The first-order valence-corrected chi connectivity index (χ1v) is 10.8. The van der Waals surface area contributed by atoms with Gasteiger partial charge in [0.25, 0.3) is 5.56 Å². The number of aromatic nitrogens is 4. The fourth-order valence-corrected chi connectivity index (χ4v) is 3.83. The van der Waals surface area contributed by atoms with Gasteiger partial charge in [-0.1, -0.05) is 0 Å². The molecule has 2 aliphatic heterocycles. The van der Waals surface area contributed by atoms with Gasteiger partial charge in [0.05, 0.1) is 19.3 Å². The molecule has 7 atom stereocenters. The van der Waals surface area contributed by atoms with Crippen molar-refractivity contribution in [1.29, 1.82) is 0 Å². The second kappa shape index (κ2) is 11.2. The first-order chi connectivity index (χ1) is 17.5. The van der Waals surface area contributed by atoms with Crippen molar-refractivity contribution in [3.05, 3.63) is 65.8 Å². The number of aliphatic hydroxyl groups is 5. The summed E-state index contributed by atoms with van der Waals surface area (Å²) in [6.45, 7) is 0.514. The highest BCUT2D eigenvalue weighted by Crippen LogP contribution is 2.35. The summed E-state index contributed by atoms with van der Waals surface area (Å²) in [5.41, 5.74) is 12.1. The molecule has 18 heteroatoms. The average Bonchev–Trinajstić information content (AvgIpc) is 3.33. The molecule has 0 unspecified atom stereocenters. The normalized spacial score (nSPS) is 30.9. The molecule has 4 rings (SSSR count). The van der Waals surface area contributed by atoms with Gasteiger partial charge in [-0.2, -0.15) is 4.98 Å². The molecule has 2 aromatic rings. The quantitative estimate of drug-likeness (QED) is 0.113. The van der Waals surface area contributed by atoms with Gasteiger partial charge in [0, 0.05) is 29.3 Å². The molecule has 2 saturated heterocycles. The maximum atomic E-state index is 11.9. The Bertz CT molecular complexity index is 1340. The van der Waals surface area contributed by atoms with Gasteiger partial charge < -0.3 is 40.7 Å². The number of H-pyrrole nitrogens is 1. The number of nitrogens with two attached hydrogens (primary N) is 1. The summed E-state index contributed by atoms with van der Waals surface area (Å²) in [6, 6.07) is 1.37. The van der Waals surface area contributed by atoms with Gasteiger partial charge >= 0.3 is 11.4 Å². The van der Waals surface area contributed by atoms with Crippen LogP contribution in [0.25, 0.3) is 10.4 Å². The Kier molecular flexibility index (Phi) is 8.46. The molecule has 0 spiro atoms. The monoisotopic (exact) mass is 526 g/mol. The number of aliphatic hydroxyl groups excluding tert-OH is 5. The van der Waals surface area contributed by atoms with Gasteiger partial charge in [-0.3, -0.25) is 18.9 Å². The summed E-state index contributed by atoms with van der Waals surface area (Å²) < 4.78 is 12.4. The third kappa shape index (κ3) is 5.55. The van der Waals surface area contributed by atoms with Crippen LogP contribution in [0.1, 0.15) is 18.2 Å². The molecule has 2 fully saturated rings. The van der Waals surface area contributed by atoms with E-state index in [1.165, 1.54) is 25.4 Å². The molecule has 2 aromatic heterocycles. The Balaban J connectivity index is 0.000000208. The number of nitrogen functional groups attached to an aromatic ring is 1. The molecule has 4 heterocycles. The average molecular weight is 526 g/mol. The van der Waals surface area contributed by atoms with Crippen LogP contribution in [0, 0.1) is 6.92 Å². The molecular formula is C19H26N8O10. The van der Waals surface area contributed by atoms with Crippen molar-refractivity contribution in [2.24, 2.45) is 5.11 Å². The van der Waals surface area contributed by atoms with E-state index in [1.54, 1.807) is 0 Å².